The Morgan fingerprint density at radius 2 is 2.36 bits per heavy atom. The fourth-order valence-corrected chi connectivity index (χ4v) is 2.09. The Morgan fingerprint density at radius 1 is 1.82 bits per heavy atom. The standard InChI is InChI=1S/C7H6Br2N2/c1-5(9)6(3-8)7(4-10)11-2/h5H,3H2,1H3/b7-6+. The minimum absolute atomic E-state index is 0.0747. The van der Waals surface area contributed by atoms with Gasteiger partial charge in [-0.05, 0) is 12.5 Å². The van der Waals surface area contributed by atoms with E-state index in [2.05, 4.69) is 36.7 Å². The fraction of sp³-hybridized carbons (Fsp3) is 0.429. The maximum atomic E-state index is 8.51. The number of halogens is 2. The molecule has 0 saturated heterocycles. The molecule has 0 amide bonds. The average Bonchev–Trinajstić information content (AvgIpc) is 1.99. The van der Waals surface area contributed by atoms with Gasteiger partial charge >= 0.3 is 0 Å². The fourth-order valence-electron chi connectivity index (χ4n) is 0.527. The van der Waals surface area contributed by atoms with Crippen molar-refractivity contribution >= 4 is 31.9 Å². The highest BCUT2D eigenvalue weighted by atomic mass is 79.9. The lowest BCUT2D eigenvalue weighted by Crippen LogP contribution is -2.00. The van der Waals surface area contributed by atoms with Gasteiger partial charge in [0.1, 0.15) is 0 Å². The van der Waals surface area contributed by atoms with Gasteiger partial charge in [0.15, 0.2) is 0 Å². The van der Waals surface area contributed by atoms with Crippen LogP contribution in [0.2, 0.25) is 0 Å². The lowest BCUT2D eigenvalue weighted by atomic mass is 10.2. The van der Waals surface area contributed by atoms with Gasteiger partial charge in [-0.2, -0.15) is 0 Å². The Labute approximate surface area is 83.0 Å². The molecule has 0 aliphatic carbocycles. The summed E-state index contributed by atoms with van der Waals surface area (Å²) < 4.78 is 0. The molecule has 0 aromatic heterocycles. The molecule has 0 bridgehead atoms. The van der Waals surface area contributed by atoms with Gasteiger partial charge in [0.25, 0.3) is 5.70 Å². The van der Waals surface area contributed by atoms with Gasteiger partial charge in [-0.25, -0.2) is 10.1 Å². The Morgan fingerprint density at radius 3 is 2.45 bits per heavy atom. The maximum Gasteiger partial charge on any atom is 0.263 e. The molecule has 0 radical (unpaired) electrons. The van der Waals surface area contributed by atoms with Gasteiger partial charge in [-0.3, -0.25) is 0 Å². The first-order valence-electron chi connectivity index (χ1n) is 2.88. The number of allylic oxidation sites excluding steroid dienone is 2. The zero-order chi connectivity index (χ0) is 8.85. The van der Waals surface area contributed by atoms with Gasteiger partial charge in [-0.1, -0.05) is 31.9 Å². The molecule has 1 unspecified atom stereocenters. The largest absolute Gasteiger partial charge is 0.263 e. The van der Waals surface area contributed by atoms with Gasteiger partial charge in [-0.15, -0.1) is 0 Å². The highest BCUT2D eigenvalue weighted by Crippen LogP contribution is 2.18. The number of hydrogen-bond acceptors (Lipinski definition) is 1. The van der Waals surface area contributed by atoms with Crippen LogP contribution in [0, 0.1) is 17.9 Å². The van der Waals surface area contributed by atoms with Crippen LogP contribution in [0.25, 0.3) is 4.85 Å². The van der Waals surface area contributed by atoms with Crippen molar-refractivity contribution in [1.82, 2.24) is 0 Å². The summed E-state index contributed by atoms with van der Waals surface area (Å²) in [7, 11) is 0. The van der Waals surface area contributed by atoms with Crippen LogP contribution in [0.1, 0.15) is 6.92 Å². The molecule has 0 aliphatic heterocycles. The quantitative estimate of drug-likeness (QED) is 0.433. The van der Waals surface area contributed by atoms with E-state index in [9.17, 15) is 0 Å². The van der Waals surface area contributed by atoms with Crippen LogP contribution in [0.5, 0.6) is 0 Å². The molecular formula is C7H6Br2N2. The van der Waals surface area contributed by atoms with Crippen molar-refractivity contribution < 1.29 is 0 Å². The normalized spacial score (nSPS) is 14.3. The summed E-state index contributed by atoms with van der Waals surface area (Å²) in [5.74, 6) is 0. The van der Waals surface area contributed by atoms with E-state index in [1.807, 2.05) is 13.0 Å². The van der Waals surface area contributed by atoms with E-state index in [0.717, 1.165) is 5.57 Å². The SMILES string of the molecule is [C-]#[N+]/C(C#N)=C(\CBr)C(C)Br. The minimum atomic E-state index is 0.0747. The van der Waals surface area contributed by atoms with Crippen LogP contribution in [-0.2, 0) is 0 Å². The summed E-state index contributed by atoms with van der Waals surface area (Å²) in [6, 6.07) is 1.85. The van der Waals surface area contributed by atoms with Crippen LogP contribution in [0.3, 0.4) is 0 Å². The lowest BCUT2D eigenvalue weighted by molar-refractivity contribution is 1.14. The predicted octanol–water partition coefficient (Wildman–Crippen LogP) is 2.86. The number of hydrogen-bond donors (Lipinski definition) is 0. The van der Waals surface area contributed by atoms with E-state index >= 15 is 0 Å². The molecule has 0 N–H and O–H groups in total. The highest BCUT2D eigenvalue weighted by molar-refractivity contribution is 9.10. The molecule has 0 aromatic rings. The molecule has 1 atom stereocenters. The third-order valence-electron chi connectivity index (χ3n) is 1.15. The van der Waals surface area contributed by atoms with Crippen molar-refractivity contribution in [2.45, 2.75) is 11.8 Å². The third-order valence-corrected chi connectivity index (χ3v) is 2.30. The molecule has 0 fully saturated rings. The monoisotopic (exact) mass is 276 g/mol. The van der Waals surface area contributed by atoms with Crippen LogP contribution in [0.4, 0.5) is 0 Å². The average molecular weight is 278 g/mol. The van der Waals surface area contributed by atoms with Crippen LogP contribution >= 0.6 is 31.9 Å². The smallest absolute Gasteiger partial charge is 0.227 e. The van der Waals surface area contributed by atoms with E-state index in [4.69, 9.17) is 11.8 Å². The minimum Gasteiger partial charge on any atom is -0.227 e. The lowest BCUT2D eigenvalue weighted by Gasteiger charge is -2.04. The van der Waals surface area contributed by atoms with Gasteiger partial charge in [0, 0.05) is 10.2 Å². The topological polar surface area (TPSA) is 28.1 Å². The van der Waals surface area contributed by atoms with Gasteiger partial charge in [0.05, 0.1) is 12.6 Å². The second-order valence-electron chi connectivity index (χ2n) is 1.85. The molecule has 0 aliphatic rings. The van der Waals surface area contributed by atoms with Crippen molar-refractivity contribution in [3.8, 4) is 6.07 Å². The molecule has 11 heavy (non-hydrogen) atoms. The molecule has 0 rings (SSSR count). The summed E-state index contributed by atoms with van der Waals surface area (Å²) in [5.41, 5.74) is 0.966. The van der Waals surface area contributed by atoms with Crippen molar-refractivity contribution in [1.29, 1.82) is 5.26 Å². The summed E-state index contributed by atoms with van der Waals surface area (Å²) in [6.07, 6.45) is 0. The zero-order valence-corrected chi connectivity index (χ0v) is 9.11. The molecule has 0 aromatic carbocycles. The van der Waals surface area contributed by atoms with E-state index in [1.54, 1.807) is 0 Å². The summed E-state index contributed by atoms with van der Waals surface area (Å²) in [5, 5.41) is 9.07. The molecule has 58 valence electrons. The van der Waals surface area contributed by atoms with E-state index in [1.165, 1.54) is 0 Å². The van der Waals surface area contributed by atoms with Crippen molar-refractivity contribution in [3.63, 3.8) is 0 Å². The Bertz CT molecular complexity index is 226. The number of rotatable bonds is 2. The predicted molar refractivity (Wildman–Crippen MR) is 51.4 cm³/mol. The number of nitriles is 1. The second-order valence-corrected chi connectivity index (χ2v) is 3.78. The molecular weight excluding hydrogens is 272 g/mol. The first-order chi connectivity index (χ1) is 5.17. The second kappa shape index (κ2) is 5.35. The Balaban J connectivity index is 4.86. The molecule has 0 saturated carbocycles. The first kappa shape index (κ1) is 10.7. The number of alkyl halides is 2. The van der Waals surface area contributed by atoms with Gasteiger partial charge in [0.2, 0.25) is 0 Å². The van der Waals surface area contributed by atoms with Crippen molar-refractivity contribution in [2.24, 2.45) is 0 Å². The summed E-state index contributed by atoms with van der Waals surface area (Å²) in [4.78, 5) is 3.18. The van der Waals surface area contributed by atoms with Crippen LogP contribution < -0.4 is 0 Å². The molecule has 4 heteroatoms. The maximum absolute atomic E-state index is 8.51. The Kier molecular flexibility index (Phi) is 5.19. The summed E-state index contributed by atoms with van der Waals surface area (Å²) in [6.45, 7) is 8.58. The highest BCUT2D eigenvalue weighted by Gasteiger charge is 2.09. The van der Waals surface area contributed by atoms with Crippen LogP contribution in [-0.4, -0.2) is 10.2 Å². The Hall–Kier alpha value is -0.320. The third kappa shape index (κ3) is 3.05. The molecule has 0 heterocycles. The zero-order valence-electron chi connectivity index (χ0n) is 5.93. The van der Waals surface area contributed by atoms with E-state index in [0.29, 0.717) is 5.33 Å². The van der Waals surface area contributed by atoms with Crippen molar-refractivity contribution in [3.05, 3.63) is 22.7 Å². The van der Waals surface area contributed by atoms with Gasteiger partial charge < -0.3 is 0 Å². The molecule has 2 nitrogen and oxygen atoms in total. The first-order valence-corrected chi connectivity index (χ1v) is 4.91. The van der Waals surface area contributed by atoms with E-state index < -0.39 is 0 Å². The van der Waals surface area contributed by atoms with Crippen LogP contribution in [0.15, 0.2) is 11.3 Å². The number of nitrogens with zero attached hydrogens (tertiary/aromatic N) is 2. The summed E-state index contributed by atoms with van der Waals surface area (Å²) >= 11 is 6.52. The van der Waals surface area contributed by atoms with E-state index in [-0.39, 0.29) is 10.5 Å². The van der Waals surface area contributed by atoms with Crippen molar-refractivity contribution in [2.75, 3.05) is 5.33 Å². The molecule has 0 spiro atoms.